The van der Waals surface area contributed by atoms with Gasteiger partial charge in [-0.1, -0.05) is 12.1 Å². The molecule has 1 aromatic carbocycles. The third-order valence-corrected chi connectivity index (χ3v) is 2.36. The molecule has 80 valence electrons. The van der Waals surface area contributed by atoms with Gasteiger partial charge in [-0.3, -0.25) is 10.1 Å². The van der Waals surface area contributed by atoms with E-state index in [9.17, 15) is 9.90 Å². The SMILES string of the molecule is CC1NC(Cc2cccc(O)c2)C(=O)O1. The van der Waals surface area contributed by atoms with Gasteiger partial charge in [0.15, 0.2) is 6.23 Å². The lowest BCUT2D eigenvalue weighted by atomic mass is 10.1. The number of aromatic hydroxyl groups is 1. The molecule has 4 nitrogen and oxygen atoms in total. The lowest BCUT2D eigenvalue weighted by Crippen LogP contribution is -2.32. The Balaban J connectivity index is 2.06. The van der Waals surface area contributed by atoms with Crippen molar-refractivity contribution in [2.75, 3.05) is 0 Å². The van der Waals surface area contributed by atoms with Gasteiger partial charge < -0.3 is 9.84 Å². The topological polar surface area (TPSA) is 58.6 Å². The number of phenols is 1. The summed E-state index contributed by atoms with van der Waals surface area (Å²) in [7, 11) is 0. The number of nitrogens with one attached hydrogen (secondary N) is 1. The molecular weight excluding hydrogens is 194 g/mol. The van der Waals surface area contributed by atoms with Gasteiger partial charge in [0.25, 0.3) is 0 Å². The predicted octanol–water partition coefficient (Wildman–Crippen LogP) is 0.796. The van der Waals surface area contributed by atoms with E-state index in [0.717, 1.165) is 5.56 Å². The molecule has 15 heavy (non-hydrogen) atoms. The number of esters is 1. The summed E-state index contributed by atoms with van der Waals surface area (Å²) in [5.74, 6) is -0.0160. The van der Waals surface area contributed by atoms with Crippen LogP contribution in [0.2, 0.25) is 0 Å². The van der Waals surface area contributed by atoms with E-state index in [-0.39, 0.29) is 24.0 Å². The Labute approximate surface area is 87.9 Å². The third kappa shape index (κ3) is 2.27. The van der Waals surface area contributed by atoms with Gasteiger partial charge >= 0.3 is 5.97 Å². The fraction of sp³-hybridized carbons (Fsp3) is 0.364. The van der Waals surface area contributed by atoms with Crippen molar-refractivity contribution in [3.05, 3.63) is 29.8 Å². The highest BCUT2D eigenvalue weighted by atomic mass is 16.6. The Morgan fingerprint density at radius 3 is 2.93 bits per heavy atom. The fourth-order valence-electron chi connectivity index (χ4n) is 1.70. The predicted molar refractivity (Wildman–Crippen MR) is 54.3 cm³/mol. The second kappa shape index (κ2) is 3.90. The highest BCUT2D eigenvalue weighted by molar-refractivity contribution is 5.78. The van der Waals surface area contributed by atoms with Crippen LogP contribution in [0.3, 0.4) is 0 Å². The number of carbonyl (C=O) groups excluding carboxylic acids is 1. The van der Waals surface area contributed by atoms with Crippen LogP contribution in [0.1, 0.15) is 12.5 Å². The Morgan fingerprint density at radius 2 is 2.33 bits per heavy atom. The van der Waals surface area contributed by atoms with Crippen molar-refractivity contribution >= 4 is 5.97 Å². The maximum Gasteiger partial charge on any atom is 0.325 e. The Morgan fingerprint density at radius 1 is 1.53 bits per heavy atom. The quantitative estimate of drug-likeness (QED) is 0.704. The summed E-state index contributed by atoms with van der Waals surface area (Å²) in [5.41, 5.74) is 0.915. The number of hydrogen-bond acceptors (Lipinski definition) is 4. The van der Waals surface area contributed by atoms with Crippen LogP contribution >= 0.6 is 0 Å². The second-order valence-electron chi connectivity index (χ2n) is 3.67. The molecule has 1 saturated heterocycles. The van der Waals surface area contributed by atoms with E-state index >= 15 is 0 Å². The van der Waals surface area contributed by atoms with Crippen molar-refractivity contribution in [1.82, 2.24) is 5.32 Å². The van der Waals surface area contributed by atoms with Crippen molar-refractivity contribution in [3.63, 3.8) is 0 Å². The third-order valence-electron chi connectivity index (χ3n) is 2.36. The molecule has 2 unspecified atom stereocenters. The van der Waals surface area contributed by atoms with Crippen molar-refractivity contribution in [2.45, 2.75) is 25.6 Å². The maximum atomic E-state index is 11.3. The average molecular weight is 207 g/mol. The number of cyclic esters (lactones) is 1. The molecule has 2 rings (SSSR count). The minimum absolute atomic E-state index is 0.215. The summed E-state index contributed by atoms with van der Waals surface area (Å²) >= 11 is 0. The Kier molecular flexibility index (Phi) is 2.60. The summed E-state index contributed by atoms with van der Waals surface area (Å²) in [6.45, 7) is 1.79. The first kappa shape index (κ1) is 9.98. The molecule has 0 radical (unpaired) electrons. The minimum Gasteiger partial charge on any atom is -0.508 e. The lowest BCUT2D eigenvalue weighted by molar-refractivity contribution is -0.141. The van der Waals surface area contributed by atoms with E-state index < -0.39 is 0 Å². The Bertz CT molecular complexity index is 378. The van der Waals surface area contributed by atoms with Crippen LogP contribution in [0.25, 0.3) is 0 Å². The van der Waals surface area contributed by atoms with Crippen LogP contribution in [0.4, 0.5) is 0 Å². The van der Waals surface area contributed by atoms with Gasteiger partial charge in [0.1, 0.15) is 11.8 Å². The molecule has 0 spiro atoms. The van der Waals surface area contributed by atoms with Crippen LogP contribution in [0.5, 0.6) is 5.75 Å². The normalized spacial score (nSPS) is 25.3. The molecule has 0 aromatic heterocycles. The summed E-state index contributed by atoms with van der Waals surface area (Å²) in [6, 6.07) is 6.58. The van der Waals surface area contributed by atoms with Crippen LogP contribution < -0.4 is 5.32 Å². The van der Waals surface area contributed by atoms with Crippen molar-refractivity contribution in [2.24, 2.45) is 0 Å². The highest BCUT2D eigenvalue weighted by Crippen LogP contribution is 2.15. The standard InChI is InChI=1S/C11H13NO3/c1-7-12-10(11(14)15-7)6-8-3-2-4-9(13)5-8/h2-5,7,10,12-13H,6H2,1H3. The highest BCUT2D eigenvalue weighted by Gasteiger charge is 2.30. The van der Waals surface area contributed by atoms with E-state index in [1.54, 1.807) is 25.1 Å². The lowest BCUT2D eigenvalue weighted by Gasteiger charge is -2.06. The van der Waals surface area contributed by atoms with Gasteiger partial charge in [-0.2, -0.15) is 0 Å². The van der Waals surface area contributed by atoms with Gasteiger partial charge in [0.2, 0.25) is 0 Å². The number of carbonyl (C=O) groups is 1. The molecule has 1 fully saturated rings. The monoisotopic (exact) mass is 207 g/mol. The van der Waals surface area contributed by atoms with E-state index in [1.807, 2.05) is 6.07 Å². The summed E-state index contributed by atoms with van der Waals surface area (Å²) in [5, 5.41) is 12.3. The molecular formula is C11H13NO3. The van der Waals surface area contributed by atoms with Gasteiger partial charge in [-0.05, 0) is 31.0 Å². The zero-order chi connectivity index (χ0) is 10.8. The average Bonchev–Trinajstić information content (AvgIpc) is 2.45. The van der Waals surface area contributed by atoms with Crippen molar-refractivity contribution in [1.29, 1.82) is 0 Å². The largest absolute Gasteiger partial charge is 0.508 e. The second-order valence-corrected chi connectivity index (χ2v) is 3.67. The number of phenolic OH excluding ortho intramolecular Hbond substituents is 1. The molecule has 0 bridgehead atoms. The first-order valence-corrected chi connectivity index (χ1v) is 4.89. The smallest absolute Gasteiger partial charge is 0.325 e. The fourth-order valence-corrected chi connectivity index (χ4v) is 1.70. The summed E-state index contributed by atoms with van der Waals surface area (Å²) in [6.07, 6.45) is 0.317. The summed E-state index contributed by atoms with van der Waals surface area (Å²) in [4.78, 5) is 11.3. The van der Waals surface area contributed by atoms with Gasteiger partial charge in [-0.15, -0.1) is 0 Å². The maximum absolute atomic E-state index is 11.3. The van der Waals surface area contributed by atoms with Crippen LogP contribution in [-0.2, 0) is 16.0 Å². The molecule has 0 aliphatic carbocycles. The molecule has 1 heterocycles. The van der Waals surface area contributed by atoms with Crippen LogP contribution in [0.15, 0.2) is 24.3 Å². The molecule has 1 aliphatic rings. The van der Waals surface area contributed by atoms with Crippen molar-refractivity contribution < 1.29 is 14.6 Å². The number of benzene rings is 1. The molecule has 0 amide bonds. The first-order chi connectivity index (χ1) is 7.15. The number of ether oxygens (including phenoxy) is 1. The zero-order valence-corrected chi connectivity index (χ0v) is 8.43. The molecule has 4 heteroatoms. The van der Waals surface area contributed by atoms with Crippen LogP contribution in [0, 0.1) is 0 Å². The van der Waals surface area contributed by atoms with E-state index in [0.29, 0.717) is 6.42 Å². The van der Waals surface area contributed by atoms with Gasteiger partial charge in [0.05, 0.1) is 0 Å². The van der Waals surface area contributed by atoms with Gasteiger partial charge in [0, 0.05) is 0 Å². The van der Waals surface area contributed by atoms with E-state index in [4.69, 9.17) is 4.74 Å². The number of hydrogen-bond donors (Lipinski definition) is 2. The molecule has 1 aromatic rings. The van der Waals surface area contributed by atoms with Crippen molar-refractivity contribution in [3.8, 4) is 5.75 Å². The van der Waals surface area contributed by atoms with Crippen LogP contribution in [-0.4, -0.2) is 23.3 Å². The number of rotatable bonds is 2. The first-order valence-electron chi connectivity index (χ1n) is 4.89. The van der Waals surface area contributed by atoms with E-state index in [1.165, 1.54) is 0 Å². The Hall–Kier alpha value is -1.55. The van der Waals surface area contributed by atoms with E-state index in [2.05, 4.69) is 5.32 Å². The summed E-state index contributed by atoms with van der Waals surface area (Å²) < 4.78 is 4.96. The van der Waals surface area contributed by atoms with Gasteiger partial charge in [-0.25, -0.2) is 0 Å². The minimum atomic E-state index is -0.304. The molecule has 1 aliphatic heterocycles. The molecule has 2 N–H and O–H groups in total. The molecule has 0 saturated carbocycles. The molecule has 2 atom stereocenters. The zero-order valence-electron chi connectivity index (χ0n) is 8.43.